The van der Waals surface area contributed by atoms with E-state index in [0.717, 1.165) is 37.4 Å². The predicted octanol–water partition coefficient (Wildman–Crippen LogP) is 1.92. The van der Waals surface area contributed by atoms with Crippen LogP contribution in [-0.2, 0) is 5.41 Å². The molecule has 146 valence electrons. The molecule has 0 amide bonds. The van der Waals surface area contributed by atoms with Gasteiger partial charge in [0.25, 0.3) is 0 Å². The van der Waals surface area contributed by atoms with Crippen molar-refractivity contribution in [3.8, 4) is 5.75 Å². The summed E-state index contributed by atoms with van der Waals surface area (Å²) in [5.41, 5.74) is 0.570. The summed E-state index contributed by atoms with van der Waals surface area (Å²) in [5, 5.41) is 23.3. The van der Waals surface area contributed by atoms with Crippen LogP contribution in [0, 0.1) is 5.41 Å². The summed E-state index contributed by atoms with van der Waals surface area (Å²) in [5.74, 6) is 0.830. The standard InChI is InChI=1S/C22H30N2O3/c1-5-21-9-6-11-24-12-10-22(18(21)24)15-8-7-14(27-4)13-16(15)23(3)17(22)20(2,26)19(21)25/h6-9,13,17-19,25-26H,5,10-12H2,1-4H3/t17-,18-,19-,20-,21?,22-/m0/s1. The van der Waals surface area contributed by atoms with Crippen molar-refractivity contribution in [2.24, 2.45) is 5.41 Å². The summed E-state index contributed by atoms with van der Waals surface area (Å²) in [4.78, 5) is 4.73. The monoisotopic (exact) mass is 370 g/mol. The summed E-state index contributed by atoms with van der Waals surface area (Å²) in [6.07, 6.45) is 5.39. The zero-order chi connectivity index (χ0) is 19.2. The van der Waals surface area contributed by atoms with Gasteiger partial charge in [0.1, 0.15) is 11.4 Å². The lowest BCUT2D eigenvalue weighted by Crippen LogP contribution is -2.77. The Kier molecular flexibility index (Phi) is 3.43. The molecule has 0 bridgehead atoms. The molecule has 1 aromatic rings. The van der Waals surface area contributed by atoms with E-state index in [1.807, 2.05) is 13.0 Å². The number of benzene rings is 1. The molecule has 0 aromatic heterocycles. The number of methoxy groups -OCH3 is 1. The smallest absolute Gasteiger partial charge is 0.120 e. The number of aliphatic hydroxyl groups excluding tert-OH is 1. The molecule has 1 aromatic carbocycles. The van der Waals surface area contributed by atoms with Gasteiger partial charge in [-0.3, -0.25) is 4.90 Å². The van der Waals surface area contributed by atoms with E-state index in [4.69, 9.17) is 4.74 Å². The van der Waals surface area contributed by atoms with E-state index >= 15 is 0 Å². The fourth-order valence-corrected chi connectivity index (χ4v) is 7.31. The lowest BCUT2D eigenvalue weighted by molar-refractivity contribution is -0.190. The number of ether oxygens (including phenoxy) is 1. The van der Waals surface area contributed by atoms with Gasteiger partial charge in [-0.05, 0) is 37.9 Å². The van der Waals surface area contributed by atoms with Gasteiger partial charge < -0.3 is 19.8 Å². The zero-order valence-corrected chi connectivity index (χ0v) is 16.6. The van der Waals surface area contributed by atoms with Crippen molar-refractivity contribution in [1.29, 1.82) is 0 Å². The van der Waals surface area contributed by atoms with Crippen LogP contribution in [-0.4, -0.2) is 66.1 Å². The van der Waals surface area contributed by atoms with Gasteiger partial charge in [0, 0.05) is 42.2 Å². The van der Waals surface area contributed by atoms with Gasteiger partial charge in [-0.25, -0.2) is 0 Å². The van der Waals surface area contributed by atoms with E-state index in [2.05, 4.69) is 48.1 Å². The molecule has 0 radical (unpaired) electrons. The molecule has 1 saturated heterocycles. The molecule has 3 aliphatic heterocycles. The lowest BCUT2D eigenvalue weighted by Gasteiger charge is -2.63. The van der Waals surface area contributed by atoms with Crippen molar-refractivity contribution in [3.63, 3.8) is 0 Å². The van der Waals surface area contributed by atoms with Gasteiger partial charge in [-0.15, -0.1) is 0 Å². The highest BCUT2D eigenvalue weighted by molar-refractivity contribution is 5.70. The van der Waals surface area contributed by atoms with Crippen molar-refractivity contribution < 1.29 is 14.9 Å². The van der Waals surface area contributed by atoms with Gasteiger partial charge in [0.15, 0.2) is 0 Å². The molecule has 5 heteroatoms. The van der Waals surface area contributed by atoms with Crippen molar-refractivity contribution in [2.75, 3.05) is 32.1 Å². The van der Waals surface area contributed by atoms with Gasteiger partial charge in [0.2, 0.25) is 0 Å². The highest BCUT2D eigenvalue weighted by Crippen LogP contribution is 2.66. The zero-order valence-electron chi connectivity index (χ0n) is 16.6. The van der Waals surface area contributed by atoms with Gasteiger partial charge in [-0.1, -0.05) is 25.1 Å². The lowest BCUT2D eigenvalue weighted by atomic mass is 9.48. The molecule has 2 N–H and O–H groups in total. The Labute approximate surface area is 161 Å². The maximum Gasteiger partial charge on any atom is 0.120 e. The molecule has 3 heterocycles. The van der Waals surface area contributed by atoms with Gasteiger partial charge >= 0.3 is 0 Å². The number of fused-ring (bicyclic) bond motifs is 1. The Bertz CT molecular complexity index is 822. The van der Waals surface area contributed by atoms with E-state index in [1.165, 1.54) is 5.56 Å². The number of hydrogen-bond acceptors (Lipinski definition) is 5. The Morgan fingerprint density at radius 2 is 2.07 bits per heavy atom. The molecule has 4 aliphatic rings. The van der Waals surface area contributed by atoms with Crippen LogP contribution in [0.2, 0.25) is 0 Å². The predicted molar refractivity (Wildman–Crippen MR) is 105 cm³/mol. The fourth-order valence-electron chi connectivity index (χ4n) is 7.31. The highest BCUT2D eigenvalue weighted by Gasteiger charge is 2.75. The SMILES string of the molecule is CCC12C=CCN3CC[C@@]4(c5ccc(OC)cc5N(C)[C@H]4[C@](C)(O)[C@@H]1O)[C@@H]32. The quantitative estimate of drug-likeness (QED) is 0.779. The molecule has 2 fully saturated rings. The molecule has 1 unspecified atom stereocenters. The first kappa shape index (κ1) is 17.5. The van der Waals surface area contributed by atoms with Crippen LogP contribution in [0.5, 0.6) is 5.75 Å². The Balaban J connectivity index is 1.82. The van der Waals surface area contributed by atoms with E-state index < -0.39 is 17.1 Å². The molecule has 1 saturated carbocycles. The molecular weight excluding hydrogens is 340 g/mol. The van der Waals surface area contributed by atoms with E-state index in [9.17, 15) is 10.2 Å². The second-order valence-electron chi connectivity index (χ2n) is 9.08. The van der Waals surface area contributed by atoms with Gasteiger partial charge in [0.05, 0.1) is 19.3 Å². The minimum absolute atomic E-state index is 0.164. The van der Waals surface area contributed by atoms with Gasteiger partial charge in [-0.2, -0.15) is 0 Å². The fraction of sp³-hybridized carbons (Fsp3) is 0.636. The Hall–Kier alpha value is -1.56. The normalized spacial score (nSPS) is 44.8. The molecule has 5 rings (SSSR count). The third-order valence-corrected chi connectivity index (χ3v) is 8.13. The van der Waals surface area contributed by atoms with Crippen LogP contribution < -0.4 is 9.64 Å². The van der Waals surface area contributed by atoms with Crippen LogP contribution in [0.3, 0.4) is 0 Å². The average molecular weight is 370 g/mol. The minimum atomic E-state index is -1.22. The number of rotatable bonds is 2. The second kappa shape index (κ2) is 5.28. The number of nitrogens with zero attached hydrogens (tertiary/aromatic N) is 2. The largest absolute Gasteiger partial charge is 0.497 e. The molecule has 27 heavy (non-hydrogen) atoms. The molecule has 1 aliphatic carbocycles. The number of hydrogen-bond donors (Lipinski definition) is 2. The maximum absolute atomic E-state index is 11.8. The summed E-state index contributed by atoms with van der Waals surface area (Å²) in [6, 6.07) is 6.35. The molecular formula is C22H30N2O3. The minimum Gasteiger partial charge on any atom is -0.497 e. The van der Waals surface area contributed by atoms with Crippen LogP contribution >= 0.6 is 0 Å². The Morgan fingerprint density at radius 3 is 2.78 bits per heavy atom. The number of likely N-dealkylation sites (N-methyl/N-ethyl adjacent to an activating group) is 1. The summed E-state index contributed by atoms with van der Waals surface area (Å²) < 4.78 is 5.48. The molecule has 5 nitrogen and oxygen atoms in total. The summed E-state index contributed by atoms with van der Waals surface area (Å²) >= 11 is 0. The van der Waals surface area contributed by atoms with E-state index in [1.54, 1.807) is 7.11 Å². The first-order valence-corrected chi connectivity index (χ1v) is 10.1. The van der Waals surface area contributed by atoms with Crippen LogP contribution in [0.1, 0.15) is 32.3 Å². The average Bonchev–Trinajstić information content (AvgIpc) is 3.18. The third kappa shape index (κ3) is 1.77. The summed E-state index contributed by atoms with van der Waals surface area (Å²) in [6.45, 7) is 5.90. The second-order valence-corrected chi connectivity index (χ2v) is 9.08. The van der Waals surface area contributed by atoms with Crippen molar-refractivity contribution in [1.82, 2.24) is 4.90 Å². The van der Waals surface area contributed by atoms with E-state index in [-0.39, 0.29) is 17.5 Å². The summed E-state index contributed by atoms with van der Waals surface area (Å²) in [7, 11) is 3.74. The molecule has 6 atom stereocenters. The first-order chi connectivity index (χ1) is 12.8. The van der Waals surface area contributed by atoms with Crippen LogP contribution in [0.15, 0.2) is 30.4 Å². The maximum atomic E-state index is 11.8. The van der Waals surface area contributed by atoms with E-state index in [0.29, 0.717) is 0 Å². The topological polar surface area (TPSA) is 56.2 Å². The number of aliphatic hydroxyl groups is 2. The first-order valence-electron chi connectivity index (χ1n) is 10.1. The highest BCUT2D eigenvalue weighted by atomic mass is 16.5. The van der Waals surface area contributed by atoms with Crippen LogP contribution in [0.4, 0.5) is 5.69 Å². The number of anilines is 1. The van der Waals surface area contributed by atoms with Crippen molar-refractivity contribution in [3.05, 3.63) is 35.9 Å². The van der Waals surface area contributed by atoms with Crippen LogP contribution in [0.25, 0.3) is 0 Å². The molecule has 1 spiro atoms. The van der Waals surface area contributed by atoms with Crippen molar-refractivity contribution >= 4 is 5.69 Å². The Morgan fingerprint density at radius 1 is 1.30 bits per heavy atom. The third-order valence-electron chi connectivity index (χ3n) is 8.13. The van der Waals surface area contributed by atoms with Crippen molar-refractivity contribution in [2.45, 2.75) is 55.9 Å².